The third-order valence-corrected chi connectivity index (χ3v) is 8.39. The van der Waals surface area contributed by atoms with Crippen LogP contribution >= 0.6 is 0 Å². The summed E-state index contributed by atoms with van der Waals surface area (Å²) in [5, 5.41) is 11.5. The molecule has 234 valence electrons. The van der Waals surface area contributed by atoms with E-state index in [0.29, 0.717) is 48.2 Å². The van der Waals surface area contributed by atoms with Gasteiger partial charge in [0.05, 0.1) is 17.4 Å². The number of carboxylic acid groups (broad SMARTS) is 1. The number of hydrazine groups is 1. The van der Waals surface area contributed by atoms with Crippen LogP contribution in [0.2, 0.25) is 0 Å². The van der Waals surface area contributed by atoms with Crippen molar-refractivity contribution >= 4 is 33.8 Å². The molecule has 0 aliphatic carbocycles. The number of H-pyrrole nitrogens is 1. The molecule has 1 aromatic heterocycles. The number of carboxylic acids is 1. The van der Waals surface area contributed by atoms with Crippen LogP contribution in [0.1, 0.15) is 30.5 Å². The zero-order valence-electron chi connectivity index (χ0n) is 24.6. The number of nitrogens with one attached hydrogen (secondary N) is 1. The molecule has 1 aliphatic rings. The average Bonchev–Trinajstić information content (AvgIpc) is 3.01. The summed E-state index contributed by atoms with van der Waals surface area (Å²) in [6, 6.07) is 16.9. The molecule has 5 rings (SSSR count). The van der Waals surface area contributed by atoms with Gasteiger partial charge in [-0.2, -0.15) is 4.41 Å². The van der Waals surface area contributed by atoms with E-state index in [-0.39, 0.29) is 6.54 Å². The fourth-order valence-corrected chi connectivity index (χ4v) is 6.16. The van der Waals surface area contributed by atoms with Crippen LogP contribution in [0.5, 0.6) is 0 Å². The zero-order valence-corrected chi connectivity index (χ0v) is 25.4. The minimum Gasteiger partial charge on any atom is -0.759 e. The quantitative estimate of drug-likeness (QED) is 0.223. The van der Waals surface area contributed by atoms with E-state index < -0.39 is 46.3 Å². The maximum Gasteiger partial charge on any atom is 0.329 e. The summed E-state index contributed by atoms with van der Waals surface area (Å²) in [5.74, 6) is 4.15. The van der Waals surface area contributed by atoms with Gasteiger partial charge in [0.15, 0.2) is 0 Å². The summed E-state index contributed by atoms with van der Waals surface area (Å²) in [4.78, 5) is 42.3. The van der Waals surface area contributed by atoms with Crippen molar-refractivity contribution < 1.29 is 23.1 Å². The summed E-state index contributed by atoms with van der Waals surface area (Å²) in [6.45, 7) is 5.03. The number of aliphatic carboxylic acids is 1. The Labute approximate surface area is 260 Å². The Bertz CT molecular complexity index is 1910. The lowest BCUT2D eigenvalue weighted by molar-refractivity contribution is -0.149. The van der Waals surface area contributed by atoms with Gasteiger partial charge in [0, 0.05) is 54.3 Å². The standard InChI is InChI=1S/C32H32FN5O6S/c1-21(2)29(31(40)41)38(45(43)44)36-17-15-35(16-18-36)26-12-7-22(8-13-26)3-4-23-9-14-28-27(19-23)30(39)37(32(42)34-28)20-24-5-10-25(33)11-6-24/h5-14,19,21,29H,15-18,20H2,1-2H3,(H,34,42)(H,40,41)(H,43,44)/p-1. The molecule has 0 bridgehead atoms. The summed E-state index contributed by atoms with van der Waals surface area (Å²) < 4.78 is 39.2. The van der Waals surface area contributed by atoms with Gasteiger partial charge in [-0.15, -0.1) is 0 Å². The first-order valence-corrected chi connectivity index (χ1v) is 15.3. The molecule has 2 unspecified atom stereocenters. The number of carbonyl (C=O) groups is 1. The normalized spacial score (nSPS) is 15.2. The van der Waals surface area contributed by atoms with E-state index in [1.807, 2.05) is 24.3 Å². The lowest BCUT2D eigenvalue weighted by Gasteiger charge is -2.45. The molecule has 4 aromatic rings. The van der Waals surface area contributed by atoms with Crippen molar-refractivity contribution in [2.45, 2.75) is 26.4 Å². The molecule has 0 spiro atoms. The molecule has 1 fully saturated rings. The lowest BCUT2D eigenvalue weighted by atomic mass is 10.1. The van der Waals surface area contributed by atoms with Gasteiger partial charge in [-0.05, 0) is 66.1 Å². The van der Waals surface area contributed by atoms with E-state index in [9.17, 15) is 32.6 Å². The highest BCUT2D eigenvalue weighted by molar-refractivity contribution is 7.76. The lowest BCUT2D eigenvalue weighted by Crippen LogP contribution is -2.60. The summed E-state index contributed by atoms with van der Waals surface area (Å²) in [5.41, 5.74) is 2.22. The number of nitrogens with zero attached hydrogens (tertiary/aromatic N) is 4. The number of hydrogen-bond donors (Lipinski definition) is 2. The van der Waals surface area contributed by atoms with Crippen molar-refractivity contribution in [1.82, 2.24) is 19.0 Å². The third-order valence-electron chi connectivity index (χ3n) is 7.63. The van der Waals surface area contributed by atoms with Crippen LogP contribution in [0.15, 0.2) is 76.3 Å². The molecule has 11 nitrogen and oxygen atoms in total. The number of aromatic nitrogens is 2. The topological polar surface area (TPSA) is 142 Å². The first kappa shape index (κ1) is 31.8. The van der Waals surface area contributed by atoms with Crippen molar-refractivity contribution in [2.24, 2.45) is 5.92 Å². The number of halogens is 1. The number of hydrogen-bond acceptors (Lipinski definition) is 7. The number of anilines is 1. The van der Waals surface area contributed by atoms with E-state index in [1.54, 1.807) is 37.1 Å². The summed E-state index contributed by atoms with van der Waals surface area (Å²) in [6.07, 6.45) is 0. The fourth-order valence-electron chi connectivity index (χ4n) is 5.29. The average molecular weight is 633 g/mol. The molecule has 45 heavy (non-hydrogen) atoms. The molecule has 2 heterocycles. The molecule has 0 saturated carbocycles. The number of fused-ring (bicyclic) bond motifs is 1. The minimum absolute atomic E-state index is 0.00110. The van der Waals surface area contributed by atoms with Crippen molar-refractivity contribution in [3.05, 3.63) is 110 Å². The van der Waals surface area contributed by atoms with E-state index in [4.69, 9.17) is 0 Å². The Morgan fingerprint density at radius 1 is 1.00 bits per heavy atom. The minimum atomic E-state index is -2.72. The highest BCUT2D eigenvalue weighted by atomic mass is 32.2. The molecule has 0 radical (unpaired) electrons. The van der Waals surface area contributed by atoms with Crippen LogP contribution in [0.25, 0.3) is 10.9 Å². The molecule has 2 N–H and O–H groups in total. The van der Waals surface area contributed by atoms with Gasteiger partial charge >= 0.3 is 11.7 Å². The predicted octanol–water partition coefficient (Wildman–Crippen LogP) is 2.52. The van der Waals surface area contributed by atoms with Crippen LogP contribution in [0.3, 0.4) is 0 Å². The van der Waals surface area contributed by atoms with Crippen molar-refractivity contribution in [1.29, 1.82) is 0 Å². The van der Waals surface area contributed by atoms with Gasteiger partial charge in [-0.3, -0.25) is 18.4 Å². The Hall–Kier alpha value is -4.61. The second-order valence-electron chi connectivity index (χ2n) is 11.0. The Morgan fingerprint density at radius 3 is 2.22 bits per heavy atom. The van der Waals surface area contributed by atoms with E-state index in [0.717, 1.165) is 20.2 Å². The molecule has 3 aromatic carbocycles. The Balaban J connectivity index is 1.28. The van der Waals surface area contributed by atoms with Gasteiger partial charge in [0.1, 0.15) is 11.9 Å². The molecule has 2 atom stereocenters. The van der Waals surface area contributed by atoms with E-state index in [2.05, 4.69) is 21.7 Å². The molecule has 1 saturated heterocycles. The molecule has 13 heteroatoms. The molecule has 1 aliphatic heterocycles. The Morgan fingerprint density at radius 2 is 1.62 bits per heavy atom. The SMILES string of the molecule is CC(C)C(C(=O)O)N(N1CCN(c2ccc(C#Cc3ccc4[nH]c(=O)n(Cc5ccc(F)cc5)c(=O)c4c3)cc2)CC1)S(=O)[O-]. The number of piperazine rings is 1. The third kappa shape index (κ3) is 7.21. The van der Waals surface area contributed by atoms with Crippen LogP contribution in [0, 0.1) is 23.6 Å². The van der Waals surface area contributed by atoms with Gasteiger partial charge in [-0.1, -0.05) is 37.8 Å². The van der Waals surface area contributed by atoms with E-state index >= 15 is 0 Å². The maximum absolute atomic E-state index is 13.3. The Kier molecular flexibility index (Phi) is 9.60. The van der Waals surface area contributed by atoms with Crippen molar-refractivity contribution in [3.8, 4) is 11.8 Å². The smallest absolute Gasteiger partial charge is 0.329 e. The first-order chi connectivity index (χ1) is 21.5. The molecular weight excluding hydrogens is 601 g/mol. The number of benzene rings is 3. The van der Waals surface area contributed by atoms with Crippen molar-refractivity contribution in [2.75, 3.05) is 31.1 Å². The zero-order chi connectivity index (χ0) is 32.2. The largest absolute Gasteiger partial charge is 0.759 e. The molecular formula is C32H31FN5O6S-. The maximum atomic E-state index is 13.3. The summed E-state index contributed by atoms with van der Waals surface area (Å²) >= 11 is -2.72. The second kappa shape index (κ2) is 13.6. The number of rotatable bonds is 8. The van der Waals surface area contributed by atoms with Gasteiger partial charge in [0.2, 0.25) is 0 Å². The van der Waals surface area contributed by atoms with Crippen LogP contribution in [-0.4, -0.2) is 71.0 Å². The highest BCUT2D eigenvalue weighted by Crippen LogP contribution is 2.22. The highest BCUT2D eigenvalue weighted by Gasteiger charge is 2.35. The fraction of sp³-hybridized carbons (Fsp3) is 0.281. The number of aromatic amines is 1. The van der Waals surface area contributed by atoms with Crippen molar-refractivity contribution in [3.63, 3.8) is 0 Å². The first-order valence-electron chi connectivity index (χ1n) is 14.3. The molecule has 0 amide bonds. The van der Waals surface area contributed by atoms with Crippen LogP contribution in [0.4, 0.5) is 10.1 Å². The van der Waals surface area contributed by atoms with E-state index in [1.165, 1.54) is 24.3 Å². The summed E-state index contributed by atoms with van der Waals surface area (Å²) in [7, 11) is 0. The predicted molar refractivity (Wildman–Crippen MR) is 168 cm³/mol. The van der Waals surface area contributed by atoms with Gasteiger partial charge in [0.25, 0.3) is 5.56 Å². The van der Waals surface area contributed by atoms with Gasteiger partial charge in [-0.25, -0.2) is 14.2 Å². The second-order valence-corrected chi connectivity index (χ2v) is 11.8. The van der Waals surface area contributed by atoms with Crippen LogP contribution in [-0.2, 0) is 22.6 Å². The van der Waals surface area contributed by atoms with Crippen LogP contribution < -0.4 is 16.1 Å². The van der Waals surface area contributed by atoms with Gasteiger partial charge < -0.3 is 19.5 Å². The monoisotopic (exact) mass is 632 g/mol.